The summed E-state index contributed by atoms with van der Waals surface area (Å²) in [7, 11) is 0. The molecular weight excluding hydrogens is 200 g/mol. The van der Waals surface area contributed by atoms with Crippen LogP contribution in [0, 0.1) is 12.8 Å². The Labute approximate surface area is 97.0 Å². The van der Waals surface area contributed by atoms with E-state index in [1.165, 1.54) is 32.1 Å². The molecule has 1 aromatic rings. The number of hydrogen-bond donors (Lipinski definition) is 0. The van der Waals surface area contributed by atoms with Gasteiger partial charge >= 0.3 is 0 Å². The number of furan rings is 1. The van der Waals surface area contributed by atoms with Crippen LogP contribution in [0.4, 0.5) is 0 Å². The van der Waals surface area contributed by atoms with Crippen LogP contribution < -0.4 is 0 Å². The van der Waals surface area contributed by atoms with Gasteiger partial charge in [-0.1, -0.05) is 32.1 Å². The molecule has 0 radical (unpaired) electrons. The number of rotatable bonds is 2. The van der Waals surface area contributed by atoms with Crippen LogP contribution in [0.3, 0.4) is 0 Å². The fourth-order valence-corrected chi connectivity index (χ4v) is 2.49. The summed E-state index contributed by atoms with van der Waals surface area (Å²) in [6.07, 6.45) is 8.35. The molecule has 1 aliphatic carbocycles. The highest BCUT2D eigenvalue weighted by molar-refractivity contribution is 5.95. The first kappa shape index (κ1) is 11.4. The lowest BCUT2D eigenvalue weighted by molar-refractivity contribution is 0.0868. The third-order valence-corrected chi connectivity index (χ3v) is 3.46. The molecule has 2 nitrogen and oxygen atoms in total. The van der Waals surface area contributed by atoms with Crippen LogP contribution in [0.15, 0.2) is 16.5 Å². The number of ketones is 1. The van der Waals surface area contributed by atoms with Crippen molar-refractivity contribution in [3.8, 4) is 0 Å². The summed E-state index contributed by atoms with van der Waals surface area (Å²) in [5.74, 6) is 1.80. The molecule has 2 heteroatoms. The Morgan fingerprint density at radius 1 is 1.12 bits per heavy atom. The summed E-state index contributed by atoms with van der Waals surface area (Å²) in [6, 6.07) is 3.69. The van der Waals surface area contributed by atoms with E-state index in [1.54, 1.807) is 0 Å². The molecule has 2 rings (SSSR count). The standard InChI is InChI=1S/C14H20O2/c1-11-9-10-13(16-11)14(15)12-7-5-3-2-4-6-8-12/h9-10,12H,2-8H2,1H3. The maximum atomic E-state index is 12.2. The Morgan fingerprint density at radius 3 is 2.31 bits per heavy atom. The average Bonchev–Trinajstić information content (AvgIpc) is 2.63. The van der Waals surface area contributed by atoms with Crippen LogP contribution in [-0.2, 0) is 0 Å². The molecule has 1 aromatic heterocycles. The van der Waals surface area contributed by atoms with Crippen molar-refractivity contribution in [3.05, 3.63) is 23.7 Å². The molecule has 0 unspecified atom stereocenters. The van der Waals surface area contributed by atoms with Crippen molar-refractivity contribution in [1.82, 2.24) is 0 Å². The van der Waals surface area contributed by atoms with Gasteiger partial charge in [0.25, 0.3) is 0 Å². The Bertz CT molecular complexity index is 343. The summed E-state index contributed by atoms with van der Waals surface area (Å²) < 4.78 is 5.42. The van der Waals surface area contributed by atoms with Crippen molar-refractivity contribution in [2.24, 2.45) is 5.92 Å². The average molecular weight is 220 g/mol. The van der Waals surface area contributed by atoms with E-state index in [2.05, 4.69) is 0 Å². The molecule has 0 aromatic carbocycles. The predicted molar refractivity (Wildman–Crippen MR) is 63.6 cm³/mol. The summed E-state index contributed by atoms with van der Waals surface area (Å²) in [5, 5.41) is 0. The van der Waals surface area contributed by atoms with Gasteiger partial charge in [0.15, 0.2) is 5.76 Å². The lowest BCUT2D eigenvalue weighted by atomic mass is 9.87. The molecule has 0 saturated heterocycles. The molecule has 0 aliphatic heterocycles. The second kappa shape index (κ2) is 5.33. The monoisotopic (exact) mass is 220 g/mol. The minimum atomic E-state index is 0.200. The molecule has 16 heavy (non-hydrogen) atoms. The van der Waals surface area contributed by atoms with Gasteiger partial charge in [0, 0.05) is 5.92 Å². The predicted octanol–water partition coefficient (Wildman–Crippen LogP) is 4.13. The molecule has 0 bridgehead atoms. The third-order valence-electron chi connectivity index (χ3n) is 3.46. The lowest BCUT2D eigenvalue weighted by Gasteiger charge is -2.17. The smallest absolute Gasteiger partial charge is 0.201 e. The topological polar surface area (TPSA) is 30.2 Å². The van der Waals surface area contributed by atoms with E-state index in [0.717, 1.165) is 18.6 Å². The van der Waals surface area contributed by atoms with Crippen molar-refractivity contribution in [2.75, 3.05) is 0 Å². The number of Topliss-reactive ketones (excluding diaryl/α,β-unsaturated/α-hetero) is 1. The molecule has 1 heterocycles. The zero-order chi connectivity index (χ0) is 11.4. The number of carbonyl (C=O) groups is 1. The van der Waals surface area contributed by atoms with Crippen LogP contribution in [0.2, 0.25) is 0 Å². The van der Waals surface area contributed by atoms with E-state index in [-0.39, 0.29) is 11.7 Å². The molecular formula is C14H20O2. The largest absolute Gasteiger partial charge is 0.458 e. The van der Waals surface area contributed by atoms with Gasteiger partial charge in [0.2, 0.25) is 5.78 Å². The number of carbonyl (C=O) groups excluding carboxylic acids is 1. The third kappa shape index (κ3) is 2.75. The molecule has 1 fully saturated rings. The van der Waals surface area contributed by atoms with Gasteiger partial charge < -0.3 is 4.42 Å². The van der Waals surface area contributed by atoms with E-state index < -0.39 is 0 Å². The molecule has 0 atom stereocenters. The highest BCUT2D eigenvalue weighted by Crippen LogP contribution is 2.26. The SMILES string of the molecule is Cc1ccc(C(=O)C2CCCCCCC2)o1. The Balaban J connectivity index is 2.01. The van der Waals surface area contributed by atoms with Crippen LogP contribution in [0.5, 0.6) is 0 Å². The van der Waals surface area contributed by atoms with Gasteiger partial charge in [-0.15, -0.1) is 0 Å². The number of hydrogen-bond acceptors (Lipinski definition) is 2. The summed E-state index contributed by atoms with van der Waals surface area (Å²) in [6.45, 7) is 1.88. The summed E-state index contributed by atoms with van der Waals surface area (Å²) >= 11 is 0. The van der Waals surface area contributed by atoms with Crippen molar-refractivity contribution >= 4 is 5.78 Å². The molecule has 0 amide bonds. The summed E-state index contributed by atoms with van der Waals surface area (Å²) in [5.41, 5.74) is 0. The van der Waals surface area contributed by atoms with Gasteiger partial charge in [-0.3, -0.25) is 4.79 Å². The first-order valence-electron chi connectivity index (χ1n) is 6.38. The van der Waals surface area contributed by atoms with Gasteiger partial charge in [-0.25, -0.2) is 0 Å². The van der Waals surface area contributed by atoms with E-state index in [0.29, 0.717) is 5.76 Å². The highest BCUT2D eigenvalue weighted by atomic mass is 16.3. The van der Waals surface area contributed by atoms with Crippen molar-refractivity contribution in [3.63, 3.8) is 0 Å². The van der Waals surface area contributed by atoms with Gasteiger partial charge in [-0.05, 0) is 31.9 Å². The first-order chi connectivity index (χ1) is 7.77. The molecule has 88 valence electrons. The highest BCUT2D eigenvalue weighted by Gasteiger charge is 2.22. The summed E-state index contributed by atoms with van der Waals surface area (Å²) in [4.78, 5) is 12.2. The molecule has 0 spiro atoms. The van der Waals surface area contributed by atoms with E-state index in [9.17, 15) is 4.79 Å². The number of aryl methyl sites for hydroxylation is 1. The quantitative estimate of drug-likeness (QED) is 0.701. The van der Waals surface area contributed by atoms with Gasteiger partial charge in [0.05, 0.1) is 0 Å². The maximum Gasteiger partial charge on any atom is 0.201 e. The van der Waals surface area contributed by atoms with Crippen molar-refractivity contribution in [1.29, 1.82) is 0 Å². The van der Waals surface area contributed by atoms with Crippen LogP contribution in [0.25, 0.3) is 0 Å². The van der Waals surface area contributed by atoms with Crippen LogP contribution in [-0.4, -0.2) is 5.78 Å². The molecule has 1 aliphatic rings. The molecule has 1 saturated carbocycles. The second-order valence-corrected chi connectivity index (χ2v) is 4.82. The van der Waals surface area contributed by atoms with Crippen LogP contribution in [0.1, 0.15) is 61.3 Å². The lowest BCUT2D eigenvalue weighted by Crippen LogP contribution is -2.15. The van der Waals surface area contributed by atoms with Gasteiger partial charge in [-0.2, -0.15) is 0 Å². The zero-order valence-electron chi connectivity index (χ0n) is 10.00. The zero-order valence-corrected chi connectivity index (χ0v) is 10.00. The fourth-order valence-electron chi connectivity index (χ4n) is 2.49. The fraction of sp³-hybridized carbons (Fsp3) is 0.643. The minimum Gasteiger partial charge on any atom is -0.458 e. The van der Waals surface area contributed by atoms with Crippen molar-refractivity contribution < 1.29 is 9.21 Å². The maximum absolute atomic E-state index is 12.2. The first-order valence-corrected chi connectivity index (χ1v) is 6.38. The minimum absolute atomic E-state index is 0.200. The van der Waals surface area contributed by atoms with E-state index >= 15 is 0 Å². The Hall–Kier alpha value is -1.05. The Kier molecular flexibility index (Phi) is 3.81. The molecule has 0 N–H and O–H groups in total. The van der Waals surface area contributed by atoms with Gasteiger partial charge in [0.1, 0.15) is 5.76 Å². The van der Waals surface area contributed by atoms with Crippen LogP contribution >= 0.6 is 0 Å². The van der Waals surface area contributed by atoms with E-state index in [1.807, 2.05) is 19.1 Å². The second-order valence-electron chi connectivity index (χ2n) is 4.82. The van der Waals surface area contributed by atoms with E-state index in [4.69, 9.17) is 4.42 Å². The van der Waals surface area contributed by atoms with Crippen molar-refractivity contribution in [2.45, 2.75) is 51.9 Å². The normalized spacial score (nSPS) is 19.1. The Morgan fingerprint density at radius 2 is 1.75 bits per heavy atom.